The van der Waals surface area contributed by atoms with Gasteiger partial charge in [0.25, 0.3) is 0 Å². The second-order valence-electron chi connectivity index (χ2n) is 2.99. The molecule has 0 unspecified atom stereocenters. The topological polar surface area (TPSA) is 54.7 Å². The molecule has 1 aliphatic rings. The van der Waals surface area contributed by atoms with Gasteiger partial charge in [0, 0.05) is 6.04 Å². The van der Waals surface area contributed by atoms with Crippen molar-refractivity contribution in [2.75, 3.05) is 5.73 Å². The molecule has 4 heteroatoms. The van der Waals surface area contributed by atoms with E-state index in [0.717, 1.165) is 4.60 Å². The van der Waals surface area contributed by atoms with Gasteiger partial charge in [-0.3, -0.25) is 0 Å². The van der Waals surface area contributed by atoms with Crippen LogP contribution in [0.4, 0.5) is 5.82 Å². The maximum atomic E-state index is 8.71. The summed E-state index contributed by atoms with van der Waals surface area (Å²) in [4.78, 5) is 0. The zero-order chi connectivity index (χ0) is 8.72. The van der Waals surface area contributed by atoms with Crippen LogP contribution >= 0.6 is 15.9 Å². The smallest absolute Gasteiger partial charge is 0.105 e. The van der Waals surface area contributed by atoms with E-state index in [1.807, 2.05) is 4.57 Å². The number of nitrogens with two attached hydrogens (primary N) is 1. The molecule has 0 spiro atoms. The highest BCUT2D eigenvalue weighted by Gasteiger charge is 2.27. The van der Waals surface area contributed by atoms with E-state index in [4.69, 9.17) is 11.0 Å². The highest BCUT2D eigenvalue weighted by atomic mass is 79.9. The number of nitriles is 1. The first kappa shape index (κ1) is 7.69. The van der Waals surface area contributed by atoms with E-state index >= 15 is 0 Å². The van der Waals surface area contributed by atoms with Crippen molar-refractivity contribution in [2.24, 2.45) is 0 Å². The number of aromatic nitrogens is 1. The van der Waals surface area contributed by atoms with Crippen molar-refractivity contribution in [3.63, 3.8) is 0 Å². The van der Waals surface area contributed by atoms with E-state index in [2.05, 4.69) is 22.0 Å². The lowest BCUT2D eigenvalue weighted by atomic mass is 10.4. The molecule has 0 bridgehead atoms. The van der Waals surface area contributed by atoms with E-state index in [1.54, 1.807) is 6.07 Å². The molecule has 2 N–H and O–H groups in total. The molecule has 1 fully saturated rings. The van der Waals surface area contributed by atoms with E-state index < -0.39 is 0 Å². The minimum atomic E-state index is 0.515. The Labute approximate surface area is 78.9 Å². The van der Waals surface area contributed by atoms with Crippen LogP contribution in [0.25, 0.3) is 0 Å². The molecule has 1 aromatic rings. The standard InChI is InChI=1S/C8H8BrN3/c9-8-5(4-10)3-7(11)12(8)6-1-2-6/h3,6H,1-2,11H2. The predicted octanol–water partition coefficient (Wildman–Crippen LogP) is 2.04. The monoisotopic (exact) mass is 225 g/mol. The van der Waals surface area contributed by atoms with Gasteiger partial charge >= 0.3 is 0 Å². The second kappa shape index (κ2) is 2.53. The lowest BCUT2D eigenvalue weighted by Crippen LogP contribution is -1.99. The molecule has 0 aromatic carbocycles. The quantitative estimate of drug-likeness (QED) is 0.796. The van der Waals surface area contributed by atoms with Gasteiger partial charge < -0.3 is 10.3 Å². The average molecular weight is 226 g/mol. The van der Waals surface area contributed by atoms with Gasteiger partial charge in [-0.2, -0.15) is 5.26 Å². The first-order valence-electron chi connectivity index (χ1n) is 3.80. The highest BCUT2D eigenvalue weighted by molar-refractivity contribution is 9.10. The van der Waals surface area contributed by atoms with E-state index in [9.17, 15) is 0 Å². The number of hydrogen-bond donors (Lipinski definition) is 1. The third-order valence-electron chi connectivity index (χ3n) is 2.04. The molecule has 0 radical (unpaired) electrons. The van der Waals surface area contributed by atoms with Crippen LogP contribution in [0.3, 0.4) is 0 Å². The molecule has 0 saturated heterocycles. The van der Waals surface area contributed by atoms with Gasteiger partial charge in [0.05, 0.1) is 5.56 Å². The van der Waals surface area contributed by atoms with Crippen LogP contribution in [0, 0.1) is 11.3 Å². The first-order valence-corrected chi connectivity index (χ1v) is 4.59. The molecule has 1 aliphatic carbocycles. The van der Waals surface area contributed by atoms with Gasteiger partial charge in [-0.05, 0) is 34.8 Å². The maximum Gasteiger partial charge on any atom is 0.105 e. The molecule has 12 heavy (non-hydrogen) atoms. The van der Waals surface area contributed by atoms with Gasteiger partial charge in [-0.25, -0.2) is 0 Å². The fourth-order valence-corrected chi connectivity index (χ4v) is 2.00. The molecule has 2 rings (SSSR count). The molecule has 0 aliphatic heterocycles. The summed E-state index contributed by atoms with van der Waals surface area (Å²) in [6, 6.07) is 4.32. The Morgan fingerprint density at radius 1 is 1.67 bits per heavy atom. The van der Waals surface area contributed by atoms with Crippen LogP contribution in [0.5, 0.6) is 0 Å². The van der Waals surface area contributed by atoms with Crippen LogP contribution < -0.4 is 5.73 Å². The van der Waals surface area contributed by atoms with Gasteiger partial charge in [0.2, 0.25) is 0 Å². The molecule has 3 nitrogen and oxygen atoms in total. The van der Waals surface area contributed by atoms with Crippen LogP contribution in [-0.4, -0.2) is 4.57 Å². The molecule has 62 valence electrons. The Morgan fingerprint density at radius 2 is 2.33 bits per heavy atom. The zero-order valence-electron chi connectivity index (χ0n) is 6.42. The van der Waals surface area contributed by atoms with E-state index in [-0.39, 0.29) is 0 Å². The third-order valence-corrected chi connectivity index (χ3v) is 2.85. The van der Waals surface area contributed by atoms with Crippen molar-refractivity contribution in [2.45, 2.75) is 18.9 Å². The molecular formula is C8H8BrN3. The Bertz CT molecular complexity index is 357. The Hall–Kier alpha value is -0.950. The van der Waals surface area contributed by atoms with Crippen LogP contribution in [0.1, 0.15) is 24.4 Å². The van der Waals surface area contributed by atoms with Crippen molar-refractivity contribution in [3.05, 3.63) is 16.2 Å². The molecule has 1 aromatic heterocycles. The van der Waals surface area contributed by atoms with Gasteiger partial charge in [-0.15, -0.1) is 0 Å². The zero-order valence-corrected chi connectivity index (χ0v) is 8.00. The average Bonchev–Trinajstić information content (AvgIpc) is 2.80. The van der Waals surface area contributed by atoms with Crippen LogP contribution in [0.15, 0.2) is 10.7 Å². The molecule has 1 heterocycles. The summed E-state index contributed by atoms with van der Waals surface area (Å²) in [5.41, 5.74) is 6.36. The minimum Gasteiger partial charge on any atom is -0.385 e. The summed E-state index contributed by atoms with van der Waals surface area (Å²) in [5, 5.41) is 8.71. The lowest BCUT2D eigenvalue weighted by molar-refractivity contribution is 0.741. The summed E-state index contributed by atoms with van der Waals surface area (Å²) in [5.74, 6) is 0.681. The van der Waals surface area contributed by atoms with Crippen molar-refractivity contribution in [1.29, 1.82) is 5.26 Å². The summed E-state index contributed by atoms with van der Waals surface area (Å²) in [6.45, 7) is 0. The Morgan fingerprint density at radius 3 is 2.75 bits per heavy atom. The second-order valence-corrected chi connectivity index (χ2v) is 3.74. The minimum absolute atomic E-state index is 0.515. The number of hydrogen-bond acceptors (Lipinski definition) is 2. The Kier molecular flexibility index (Phi) is 1.62. The summed E-state index contributed by atoms with van der Waals surface area (Å²) in [7, 11) is 0. The third kappa shape index (κ3) is 1.01. The van der Waals surface area contributed by atoms with E-state index in [1.165, 1.54) is 12.8 Å². The van der Waals surface area contributed by atoms with Crippen molar-refractivity contribution < 1.29 is 0 Å². The summed E-state index contributed by atoms with van der Waals surface area (Å²) < 4.78 is 2.81. The fraction of sp³-hybridized carbons (Fsp3) is 0.375. The lowest BCUT2D eigenvalue weighted by Gasteiger charge is -2.03. The maximum absolute atomic E-state index is 8.71. The normalized spacial score (nSPS) is 16.0. The van der Waals surface area contributed by atoms with Gasteiger partial charge in [-0.1, -0.05) is 0 Å². The number of nitrogen functional groups attached to an aromatic ring is 1. The molecular weight excluding hydrogens is 218 g/mol. The van der Waals surface area contributed by atoms with Crippen molar-refractivity contribution >= 4 is 21.7 Å². The SMILES string of the molecule is N#Cc1cc(N)n(C2CC2)c1Br. The number of rotatable bonds is 1. The predicted molar refractivity (Wildman–Crippen MR) is 49.5 cm³/mol. The van der Waals surface area contributed by atoms with Gasteiger partial charge in [0.1, 0.15) is 16.5 Å². The largest absolute Gasteiger partial charge is 0.385 e. The molecule has 1 saturated carbocycles. The van der Waals surface area contributed by atoms with Crippen molar-refractivity contribution in [3.8, 4) is 6.07 Å². The summed E-state index contributed by atoms with van der Waals surface area (Å²) >= 11 is 3.36. The summed E-state index contributed by atoms with van der Waals surface area (Å²) in [6.07, 6.45) is 2.34. The van der Waals surface area contributed by atoms with Crippen LogP contribution in [-0.2, 0) is 0 Å². The van der Waals surface area contributed by atoms with Crippen molar-refractivity contribution in [1.82, 2.24) is 4.57 Å². The number of anilines is 1. The highest BCUT2D eigenvalue weighted by Crippen LogP contribution is 2.41. The number of nitrogens with zero attached hydrogens (tertiary/aromatic N) is 2. The van der Waals surface area contributed by atoms with E-state index in [0.29, 0.717) is 17.4 Å². The molecule has 0 atom stereocenters. The van der Waals surface area contributed by atoms with Gasteiger partial charge in [0.15, 0.2) is 0 Å². The fourth-order valence-electron chi connectivity index (χ4n) is 1.30. The number of halogens is 1. The molecule has 0 amide bonds. The van der Waals surface area contributed by atoms with Crippen LogP contribution in [0.2, 0.25) is 0 Å². The Balaban J connectivity index is 2.53. The first-order chi connectivity index (χ1) is 5.74.